The van der Waals surface area contributed by atoms with E-state index < -0.39 is 9.76 Å². The molecule has 3 heteroatoms. The second-order valence-electron chi connectivity index (χ2n) is 5.55. The molecule has 1 rings (SSSR count). The molecule has 15 heavy (non-hydrogen) atoms. The summed E-state index contributed by atoms with van der Waals surface area (Å²) in [6, 6.07) is 0. The first-order chi connectivity index (χ1) is 7.01. The summed E-state index contributed by atoms with van der Waals surface area (Å²) in [5, 5.41) is 0.339. The standard InChI is InChI=1S/C12H24O2Si/c1-5-6-7-10-8-11(13-9-10)14-15-12(2,3)4/h8,10H,5-7,9,15H2,1-4H3. The average Bonchev–Trinajstić information content (AvgIpc) is 2.58. The molecule has 2 nitrogen and oxygen atoms in total. The summed E-state index contributed by atoms with van der Waals surface area (Å²) in [4.78, 5) is 0. The van der Waals surface area contributed by atoms with E-state index in [0.717, 1.165) is 12.6 Å². The van der Waals surface area contributed by atoms with Gasteiger partial charge in [-0.2, -0.15) is 0 Å². The molecule has 0 aromatic carbocycles. The predicted octanol–water partition coefficient (Wildman–Crippen LogP) is 2.98. The maximum absolute atomic E-state index is 5.76. The fourth-order valence-corrected chi connectivity index (χ4v) is 2.24. The lowest BCUT2D eigenvalue weighted by Crippen LogP contribution is -2.12. The lowest BCUT2D eigenvalue weighted by Gasteiger charge is -2.17. The molecule has 0 saturated heterocycles. The van der Waals surface area contributed by atoms with Gasteiger partial charge in [0.1, 0.15) is 0 Å². The minimum atomic E-state index is -0.515. The van der Waals surface area contributed by atoms with Crippen LogP contribution in [0.4, 0.5) is 0 Å². The number of hydrogen-bond donors (Lipinski definition) is 0. The first kappa shape index (κ1) is 12.6. The van der Waals surface area contributed by atoms with Crippen molar-refractivity contribution in [1.82, 2.24) is 0 Å². The molecule has 1 atom stereocenters. The molecule has 0 fully saturated rings. The molecule has 1 unspecified atom stereocenters. The summed E-state index contributed by atoms with van der Waals surface area (Å²) < 4.78 is 11.3. The molecule has 0 spiro atoms. The van der Waals surface area contributed by atoms with Crippen molar-refractivity contribution in [2.24, 2.45) is 5.92 Å². The third-order valence-corrected chi connectivity index (χ3v) is 3.68. The quantitative estimate of drug-likeness (QED) is 0.674. The fraction of sp³-hybridized carbons (Fsp3) is 0.833. The third kappa shape index (κ3) is 5.26. The van der Waals surface area contributed by atoms with Crippen LogP contribution in [-0.2, 0) is 9.16 Å². The normalized spacial score (nSPS) is 21.9. The van der Waals surface area contributed by atoms with E-state index in [0.29, 0.717) is 11.0 Å². The Morgan fingerprint density at radius 2 is 2.27 bits per heavy atom. The molecule has 88 valence electrons. The Labute approximate surface area is 96.0 Å². The maximum Gasteiger partial charge on any atom is 0.261 e. The lowest BCUT2D eigenvalue weighted by molar-refractivity contribution is 0.120. The summed E-state index contributed by atoms with van der Waals surface area (Å²) in [7, 11) is -0.515. The molecule has 0 aromatic heterocycles. The van der Waals surface area contributed by atoms with Crippen LogP contribution in [0.5, 0.6) is 0 Å². The molecule has 0 N–H and O–H groups in total. The van der Waals surface area contributed by atoms with Crippen molar-refractivity contribution >= 4 is 9.76 Å². The van der Waals surface area contributed by atoms with Crippen molar-refractivity contribution < 1.29 is 9.16 Å². The summed E-state index contributed by atoms with van der Waals surface area (Å²) in [6.07, 6.45) is 5.96. The van der Waals surface area contributed by atoms with Gasteiger partial charge in [0.15, 0.2) is 0 Å². The summed E-state index contributed by atoms with van der Waals surface area (Å²) in [5.41, 5.74) is 0. The molecular weight excluding hydrogens is 204 g/mol. The van der Waals surface area contributed by atoms with Gasteiger partial charge >= 0.3 is 0 Å². The number of ether oxygens (including phenoxy) is 1. The monoisotopic (exact) mass is 228 g/mol. The molecule has 0 aromatic rings. The van der Waals surface area contributed by atoms with Crippen LogP contribution in [0, 0.1) is 5.92 Å². The molecule has 1 aliphatic rings. The van der Waals surface area contributed by atoms with Gasteiger partial charge < -0.3 is 9.16 Å². The summed E-state index contributed by atoms with van der Waals surface area (Å²) in [6.45, 7) is 9.73. The molecule has 0 bridgehead atoms. The maximum atomic E-state index is 5.76. The van der Waals surface area contributed by atoms with E-state index in [9.17, 15) is 0 Å². The molecule has 1 aliphatic heterocycles. The van der Waals surface area contributed by atoms with Crippen molar-refractivity contribution in [2.75, 3.05) is 6.61 Å². The van der Waals surface area contributed by atoms with Gasteiger partial charge in [0.05, 0.1) is 6.61 Å². The second kappa shape index (κ2) is 5.59. The first-order valence-corrected chi connectivity index (χ1v) is 7.27. The fourth-order valence-electron chi connectivity index (χ4n) is 1.49. The van der Waals surface area contributed by atoms with E-state index in [1.807, 2.05) is 0 Å². The highest BCUT2D eigenvalue weighted by molar-refractivity contribution is 6.32. The van der Waals surface area contributed by atoms with E-state index in [4.69, 9.17) is 9.16 Å². The van der Waals surface area contributed by atoms with Gasteiger partial charge in [0.2, 0.25) is 9.76 Å². The number of rotatable bonds is 5. The molecule has 0 saturated carbocycles. The highest BCUT2D eigenvalue weighted by atomic mass is 28.2. The Bertz CT molecular complexity index is 218. The van der Waals surface area contributed by atoms with Gasteiger partial charge in [0.25, 0.3) is 5.95 Å². The SMILES string of the molecule is CCCCC1C=C(O[SiH2]C(C)(C)C)OC1. The molecule has 0 amide bonds. The van der Waals surface area contributed by atoms with Gasteiger partial charge in [-0.15, -0.1) is 0 Å². The Morgan fingerprint density at radius 3 is 2.87 bits per heavy atom. The minimum absolute atomic E-state index is 0.339. The predicted molar refractivity (Wildman–Crippen MR) is 66.4 cm³/mol. The minimum Gasteiger partial charge on any atom is -0.524 e. The van der Waals surface area contributed by atoms with E-state index in [2.05, 4.69) is 33.8 Å². The van der Waals surface area contributed by atoms with E-state index in [-0.39, 0.29) is 0 Å². The average molecular weight is 228 g/mol. The van der Waals surface area contributed by atoms with Crippen molar-refractivity contribution in [3.05, 3.63) is 12.0 Å². The van der Waals surface area contributed by atoms with Crippen LogP contribution in [0.15, 0.2) is 12.0 Å². The highest BCUT2D eigenvalue weighted by Gasteiger charge is 2.20. The zero-order valence-corrected chi connectivity index (χ0v) is 11.9. The van der Waals surface area contributed by atoms with E-state index in [1.165, 1.54) is 19.3 Å². The topological polar surface area (TPSA) is 18.5 Å². The van der Waals surface area contributed by atoms with Gasteiger partial charge in [0, 0.05) is 12.0 Å². The zero-order chi connectivity index (χ0) is 11.3. The van der Waals surface area contributed by atoms with Crippen molar-refractivity contribution in [3.8, 4) is 0 Å². The molecular formula is C12H24O2Si. The van der Waals surface area contributed by atoms with Gasteiger partial charge in [-0.05, 0) is 11.5 Å². The largest absolute Gasteiger partial charge is 0.524 e. The number of unbranched alkanes of at least 4 members (excludes halogenated alkanes) is 1. The molecule has 1 heterocycles. The van der Waals surface area contributed by atoms with Crippen LogP contribution in [-0.4, -0.2) is 16.4 Å². The van der Waals surface area contributed by atoms with Crippen molar-refractivity contribution in [1.29, 1.82) is 0 Å². The molecule has 0 radical (unpaired) electrons. The second-order valence-corrected chi connectivity index (χ2v) is 8.25. The van der Waals surface area contributed by atoms with Crippen LogP contribution in [0.3, 0.4) is 0 Å². The van der Waals surface area contributed by atoms with Crippen molar-refractivity contribution in [3.63, 3.8) is 0 Å². The third-order valence-electron chi connectivity index (χ3n) is 2.39. The van der Waals surface area contributed by atoms with Crippen LogP contribution < -0.4 is 0 Å². The van der Waals surface area contributed by atoms with E-state index >= 15 is 0 Å². The summed E-state index contributed by atoms with van der Waals surface area (Å²) in [5.74, 6) is 1.40. The number of hydrogen-bond acceptors (Lipinski definition) is 2. The van der Waals surface area contributed by atoms with E-state index in [1.54, 1.807) is 0 Å². The van der Waals surface area contributed by atoms with Gasteiger partial charge in [-0.3, -0.25) is 0 Å². The van der Waals surface area contributed by atoms with Crippen LogP contribution in [0.1, 0.15) is 47.0 Å². The first-order valence-electron chi connectivity index (χ1n) is 5.98. The van der Waals surface area contributed by atoms with Gasteiger partial charge in [-0.1, -0.05) is 40.5 Å². The summed E-state index contributed by atoms with van der Waals surface area (Å²) >= 11 is 0. The Morgan fingerprint density at radius 1 is 1.53 bits per heavy atom. The van der Waals surface area contributed by atoms with Gasteiger partial charge in [-0.25, -0.2) is 0 Å². The van der Waals surface area contributed by atoms with Crippen LogP contribution in [0.25, 0.3) is 0 Å². The lowest BCUT2D eigenvalue weighted by atomic mass is 10.0. The smallest absolute Gasteiger partial charge is 0.261 e. The van der Waals surface area contributed by atoms with Crippen LogP contribution in [0.2, 0.25) is 5.04 Å². The Hall–Kier alpha value is -0.443. The Kier molecular flexibility index (Phi) is 4.70. The van der Waals surface area contributed by atoms with Crippen molar-refractivity contribution in [2.45, 2.75) is 52.0 Å². The highest BCUT2D eigenvalue weighted by Crippen LogP contribution is 2.25. The van der Waals surface area contributed by atoms with Crippen LogP contribution >= 0.6 is 0 Å². The Balaban J connectivity index is 2.26. The molecule has 0 aliphatic carbocycles. The zero-order valence-electron chi connectivity index (χ0n) is 10.5.